The fourth-order valence-corrected chi connectivity index (χ4v) is 2.18. The zero-order chi connectivity index (χ0) is 16.9. The van der Waals surface area contributed by atoms with Gasteiger partial charge in [-0.25, -0.2) is 8.78 Å². The fourth-order valence-electron chi connectivity index (χ4n) is 2.18. The first kappa shape index (κ1) is 17.3. The number of ether oxygens (including phenoxy) is 1. The van der Waals surface area contributed by atoms with Crippen molar-refractivity contribution in [1.29, 1.82) is 0 Å². The molecule has 0 amide bonds. The van der Waals surface area contributed by atoms with Crippen molar-refractivity contribution in [3.05, 3.63) is 29.3 Å². The molecule has 1 fully saturated rings. The molecule has 0 saturated carbocycles. The highest BCUT2D eigenvalue weighted by Gasteiger charge is 2.46. The first-order valence-corrected chi connectivity index (χ1v) is 6.92. The van der Waals surface area contributed by atoms with Gasteiger partial charge < -0.3 is 14.7 Å². The lowest BCUT2D eigenvalue weighted by Crippen LogP contribution is -2.73. The maximum atomic E-state index is 13.5. The summed E-state index contributed by atoms with van der Waals surface area (Å²) in [4.78, 5) is 1.86. The van der Waals surface area contributed by atoms with E-state index in [1.807, 2.05) is 20.6 Å². The number of nitrogens with zero attached hydrogens (tertiary/aromatic N) is 1. The smallest absolute Gasteiger partial charge is 0.203 e. The van der Waals surface area contributed by atoms with Crippen LogP contribution in [0.15, 0.2) is 6.07 Å². The van der Waals surface area contributed by atoms with Gasteiger partial charge >= 0.3 is 0 Å². The van der Waals surface area contributed by atoms with Gasteiger partial charge in [0.25, 0.3) is 0 Å². The number of aliphatic hydroxyl groups is 1. The van der Waals surface area contributed by atoms with Crippen molar-refractivity contribution >= 4 is 31.4 Å². The predicted molar refractivity (Wildman–Crippen MR) is 84.1 cm³/mol. The molecule has 1 aliphatic heterocycles. The molecule has 1 aromatic carbocycles. The van der Waals surface area contributed by atoms with Crippen LogP contribution in [0.1, 0.15) is 0 Å². The quantitative estimate of drug-likeness (QED) is 0.369. The van der Waals surface area contributed by atoms with Crippen molar-refractivity contribution in [2.45, 2.75) is 16.8 Å². The van der Waals surface area contributed by atoms with Crippen LogP contribution >= 0.6 is 0 Å². The van der Waals surface area contributed by atoms with Gasteiger partial charge in [0.1, 0.15) is 37.5 Å². The molecule has 22 heavy (non-hydrogen) atoms. The average Bonchev–Trinajstić information content (AvgIpc) is 2.32. The molecular formula is C11H15B4F4NO2. The molecular weight excluding hydrogens is 297 g/mol. The summed E-state index contributed by atoms with van der Waals surface area (Å²) in [6.07, 6.45) is -0.605. The Balaban J connectivity index is 2.08. The minimum atomic E-state index is -1.54. The molecule has 0 unspecified atom stereocenters. The minimum Gasteiger partial charge on any atom is -0.481 e. The first-order chi connectivity index (χ1) is 9.95. The molecule has 0 spiro atoms. The summed E-state index contributed by atoms with van der Waals surface area (Å²) in [5.74, 6) is -7.12. The first-order valence-electron chi connectivity index (χ1n) is 6.92. The van der Waals surface area contributed by atoms with Gasteiger partial charge in [0.2, 0.25) is 11.6 Å². The Morgan fingerprint density at radius 1 is 1.05 bits per heavy atom. The van der Waals surface area contributed by atoms with E-state index in [-0.39, 0.29) is 19.2 Å². The van der Waals surface area contributed by atoms with Crippen molar-refractivity contribution in [2.75, 3.05) is 13.1 Å². The van der Waals surface area contributed by atoms with Crippen LogP contribution in [0.25, 0.3) is 0 Å². The summed E-state index contributed by atoms with van der Waals surface area (Å²) in [7, 11) is 6.96. The summed E-state index contributed by atoms with van der Waals surface area (Å²) in [5, 5.41) is 8.53. The van der Waals surface area contributed by atoms with E-state index in [9.17, 15) is 22.7 Å². The number of rotatable bonds is 4. The summed E-state index contributed by atoms with van der Waals surface area (Å²) < 4.78 is 58.3. The van der Waals surface area contributed by atoms with E-state index in [4.69, 9.17) is 4.74 Å². The molecule has 0 bridgehead atoms. The highest BCUT2D eigenvalue weighted by Crippen LogP contribution is 2.31. The van der Waals surface area contributed by atoms with Gasteiger partial charge in [0, 0.05) is 24.6 Å². The molecule has 1 saturated heterocycles. The largest absolute Gasteiger partial charge is 0.481 e. The summed E-state index contributed by atoms with van der Waals surface area (Å²) in [6, 6.07) is 0.141. The van der Waals surface area contributed by atoms with Crippen LogP contribution in [-0.2, 0) is 0 Å². The third kappa shape index (κ3) is 2.88. The van der Waals surface area contributed by atoms with Crippen LogP contribution in [0.5, 0.6) is 5.75 Å². The molecule has 0 aromatic heterocycles. The fraction of sp³-hybridized carbons (Fsp3) is 0.455. The second-order valence-electron chi connectivity index (χ2n) is 6.56. The van der Waals surface area contributed by atoms with Gasteiger partial charge in [-0.05, 0) is 5.34 Å². The monoisotopic (exact) mass is 313 g/mol. The van der Waals surface area contributed by atoms with Crippen molar-refractivity contribution in [2.24, 2.45) is 0 Å². The topological polar surface area (TPSA) is 32.7 Å². The molecule has 2 rings (SSSR count). The molecule has 1 N–H and O–H groups in total. The summed E-state index contributed by atoms with van der Waals surface area (Å²) >= 11 is 0. The SMILES string of the molecule is BC(B)(O)C(B)(B)N1CC(Oc2c(F)c(F)cc(F)c2F)C1. The van der Waals surface area contributed by atoms with Gasteiger partial charge in [-0.3, -0.25) is 0 Å². The molecule has 1 heterocycles. The van der Waals surface area contributed by atoms with Gasteiger partial charge in [-0.2, -0.15) is 8.78 Å². The predicted octanol–water partition coefficient (Wildman–Crippen LogP) is -2.86. The second-order valence-corrected chi connectivity index (χ2v) is 6.56. The number of hydrogen-bond donors (Lipinski definition) is 1. The standard InChI is InChI=1S/C11H15B4F4NO2/c12-10(13,11(14,15)21)20-2-4(3-20)22-9-7(18)5(16)1-6(17)8(9)19/h1,4,21H,2-3,12-15H2. The Morgan fingerprint density at radius 3 is 1.91 bits per heavy atom. The lowest BCUT2D eigenvalue weighted by atomic mass is 9.39. The number of benzene rings is 1. The molecule has 116 valence electrons. The normalized spacial score (nSPS) is 17.3. The molecule has 3 nitrogen and oxygen atoms in total. The van der Waals surface area contributed by atoms with Crippen LogP contribution in [0.2, 0.25) is 0 Å². The van der Waals surface area contributed by atoms with E-state index >= 15 is 0 Å². The Morgan fingerprint density at radius 2 is 1.50 bits per heavy atom. The van der Waals surface area contributed by atoms with Gasteiger partial charge in [0.05, 0.1) is 0 Å². The van der Waals surface area contributed by atoms with Gasteiger partial charge in [-0.15, -0.1) is 0 Å². The van der Waals surface area contributed by atoms with Crippen LogP contribution in [-0.4, -0.2) is 71.3 Å². The molecule has 0 aliphatic carbocycles. The Kier molecular flexibility index (Phi) is 4.34. The van der Waals surface area contributed by atoms with E-state index in [0.29, 0.717) is 0 Å². The van der Waals surface area contributed by atoms with E-state index in [1.54, 1.807) is 15.7 Å². The highest BCUT2D eigenvalue weighted by atomic mass is 19.2. The maximum absolute atomic E-state index is 13.5. The molecule has 0 radical (unpaired) electrons. The highest BCUT2D eigenvalue weighted by molar-refractivity contribution is 6.53. The van der Waals surface area contributed by atoms with E-state index in [0.717, 1.165) is 0 Å². The Hall–Kier alpha value is -1.08. The van der Waals surface area contributed by atoms with Crippen LogP contribution in [0.4, 0.5) is 17.6 Å². The zero-order valence-corrected chi connectivity index (χ0v) is 12.9. The van der Waals surface area contributed by atoms with Crippen LogP contribution in [0, 0.1) is 23.3 Å². The average molecular weight is 312 g/mol. The zero-order valence-electron chi connectivity index (χ0n) is 12.9. The Bertz CT molecular complexity index is 564. The summed E-state index contributed by atoms with van der Waals surface area (Å²) in [6.45, 7) is 0.571. The van der Waals surface area contributed by atoms with Crippen molar-refractivity contribution in [1.82, 2.24) is 4.90 Å². The lowest BCUT2D eigenvalue weighted by molar-refractivity contribution is -0.0340. The van der Waals surface area contributed by atoms with Gasteiger partial charge in [0.15, 0.2) is 17.4 Å². The lowest BCUT2D eigenvalue weighted by Gasteiger charge is -2.54. The molecule has 1 aromatic rings. The molecule has 1 aliphatic rings. The number of likely N-dealkylation sites (tertiary alicyclic amines) is 1. The molecule has 0 atom stereocenters. The summed E-state index contributed by atoms with van der Waals surface area (Å²) in [5.41, 5.74) is 0. The third-order valence-electron chi connectivity index (χ3n) is 4.49. The number of hydrogen-bond acceptors (Lipinski definition) is 3. The van der Waals surface area contributed by atoms with Crippen LogP contribution < -0.4 is 4.74 Å². The van der Waals surface area contributed by atoms with Gasteiger partial charge in [-0.1, -0.05) is 0 Å². The van der Waals surface area contributed by atoms with Crippen molar-refractivity contribution in [3.63, 3.8) is 0 Å². The molecule has 11 heteroatoms. The van der Waals surface area contributed by atoms with E-state index in [2.05, 4.69) is 0 Å². The Labute approximate surface area is 129 Å². The third-order valence-corrected chi connectivity index (χ3v) is 4.49. The minimum absolute atomic E-state index is 0.141. The van der Waals surface area contributed by atoms with E-state index in [1.165, 1.54) is 0 Å². The second kappa shape index (κ2) is 5.53. The van der Waals surface area contributed by atoms with E-state index < -0.39 is 45.9 Å². The van der Waals surface area contributed by atoms with Crippen molar-refractivity contribution < 1.29 is 27.4 Å². The van der Waals surface area contributed by atoms with Crippen molar-refractivity contribution in [3.8, 4) is 5.75 Å². The van der Waals surface area contributed by atoms with Crippen LogP contribution in [0.3, 0.4) is 0 Å². The number of halogens is 4. The maximum Gasteiger partial charge on any atom is 0.203 e.